The van der Waals surface area contributed by atoms with Crippen molar-refractivity contribution in [1.82, 2.24) is 4.31 Å². The highest BCUT2D eigenvalue weighted by molar-refractivity contribution is 7.89. The Labute approximate surface area is 123 Å². The van der Waals surface area contributed by atoms with Gasteiger partial charge in [-0.3, -0.25) is 4.79 Å². The number of carbonyl (C=O) groups is 1. The first-order chi connectivity index (χ1) is 9.48. The van der Waals surface area contributed by atoms with E-state index < -0.39 is 10.0 Å². The number of hydrogen-bond acceptors (Lipinski definition) is 3. The molecule has 0 aliphatic carbocycles. The van der Waals surface area contributed by atoms with Crippen LogP contribution in [0.25, 0.3) is 0 Å². The van der Waals surface area contributed by atoms with Gasteiger partial charge in [0.05, 0.1) is 4.90 Å². The minimum atomic E-state index is -3.54. The van der Waals surface area contributed by atoms with Crippen LogP contribution in [0.3, 0.4) is 0 Å². The lowest BCUT2D eigenvalue weighted by Crippen LogP contribution is -2.54. The number of nitrogens with zero attached hydrogens (tertiary/aromatic N) is 1. The summed E-state index contributed by atoms with van der Waals surface area (Å²) in [5.74, 6) is 0.183. The Balaban J connectivity index is 1.98. The molecule has 2 saturated heterocycles. The molecule has 2 aliphatic heterocycles. The number of sulfonamides is 1. The van der Waals surface area contributed by atoms with E-state index >= 15 is 0 Å². The van der Waals surface area contributed by atoms with E-state index in [0.717, 1.165) is 19.3 Å². The van der Waals surface area contributed by atoms with E-state index in [4.69, 9.17) is 11.6 Å². The normalized spacial score (nSPS) is 27.6. The summed E-state index contributed by atoms with van der Waals surface area (Å²) in [6.07, 6.45) is 3.24. The first kappa shape index (κ1) is 14.0. The molecule has 0 aromatic heterocycles. The van der Waals surface area contributed by atoms with Crippen LogP contribution in [0.4, 0.5) is 0 Å². The van der Waals surface area contributed by atoms with Gasteiger partial charge in [0, 0.05) is 29.9 Å². The highest BCUT2D eigenvalue weighted by Gasteiger charge is 2.44. The lowest BCUT2D eigenvalue weighted by molar-refractivity contribution is -0.124. The second-order valence-corrected chi connectivity index (χ2v) is 7.75. The van der Waals surface area contributed by atoms with Gasteiger partial charge in [-0.05, 0) is 37.1 Å². The summed E-state index contributed by atoms with van der Waals surface area (Å²) >= 11 is 5.81. The average molecular weight is 314 g/mol. The molecule has 4 nitrogen and oxygen atoms in total. The molecule has 6 heteroatoms. The largest absolute Gasteiger partial charge is 0.300 e. The van der Waals surface area contributed by atoms with Crippen molar-refractivity contribution >= 4 is 27.4 Å². The maximum Gasteiger partial charge on any atom is 0.243 e. The third-order valence-corrected chi connectivity index (χ3v) is 6.38. The summed E-state index contributed by atoms with van der Waals surface area (Å²) in [4.78, 5) is 11.9. The standard InChI is InChI=1S/C14H16ClNO3S/c15-10-4-6-14(7-5-10)20(18,19)16-11-2-1-3-12(16)9-13(17)8-11/h4-7,11-12H,1-3,8-9H2/t11-,12+. The van der Waals surface area contributed by atoms with Crippen LogP contribution in [0.5, 0.6) is 0 Å². The van der Waals surface area contributed by atoms with Crippen molar-refractivity contribution < 1.29 is 13.2 Å². The van der Waals surface area contributed by atoms with E-state index in [2.05, 4.69) is 0 Å². The molecule has 1 aromatic carbocycles. The van der Waals surface area contributed by atoms with Gasteiger partial charge in [-0.1, -0.05) is 18.0 Å². The molecule has 2 heterocycles. The molecule has 0 radical (unpaired) electrons. The molecule has 2 bridgehead atoms. The van der Waals surface area contributed by atoms with Crippen LogP contribution in [0.15, 0.2) is 29.2 Å². The van der Waals surface area contributed by atoms with E-state index in [0.29, 0.717) is 17.9 Å². The van der Waals surface area contributed by atoms with Crippen LogP contribution in [0.1, 0.15) is 32.1 Å². The fourth-order valence-electron chi connectivity index (χ4n) is 3.26. The van der Waals surface area contributed by atoms with Crippen molar-refractivity contribution in [2.75, 3.05) is 0 Å². The Morgan fingerprint density at radius 3 is 2.15 bits per heavy atom. The van der Waals surface area contributed by atoms with E-state index in [1.807, 2.05) is 0 Å². The molecular formula is C14H16ClNO3S. The van der Waals surface area contributed by atoms with Gasteiger partial charge in [0.15, 0.2) is 0 Å². The summed E-state index contributed by atoms with van der Waals surface area (Å²) < 4.78 is 27.2. The Bertz CT molecular complexity index is 610. The van der Waals surface area contributed by atoms with Gasteiger partial charge in [-0.15, -0.1) is 0 Å². The first-order valence-electron chi connectivity index (χ1n) is 6.79. The number of hydrogen-bond donors (Lipinski definition) is 0. The van der Waals surface area contributed by atoms with Gasteiger partial charge in [-0.2, -0.15) is 4.31 Å². The van der Waals surface area contributed by atoms with Crippen LogP contribution < -0.4 is 0 Å². The van der Waals surface area contributed by atoms with Crippen LogP contribution >= 0.6 is 11.6 Å². The van der Waals surface area contributed by atoms with E-state index in [-0.39, 0.29) is 22.8 Å². The topological polar surface area (TPSA) is 54.5 Å². The Morgan fingerprint density at radius 1 is 1.05 bits per heavy atom. The monoisotopic (exact) mass is 313 g/mol. The molecule has 0 spiro atoms. The van der Waals surface area contributed by atoms with Gasteiger partial charge in [0.25, 0.3) is 0 Å². The van der Waals surface area contributed by atoms with Crippen LogP contribution in [0, 0.1) is 0 Å². The molecule has 0 amide bonds. The summed E-state index contributed by atoms with van der Waals surface area (Å²) in [6, 6.07) is 5.89. The molecule has 2 aliphatic rings. The van der Waals surface area contributed by atoms with Gasteiger partial charge in [0.1, 0.15) is 5.78 Å². The quantitative estimate of drug-likeness (QED) is 0.843. The second-order valence-electron chi connectivity index (χ2n) is 5.47. The van der Waals surface area contributed by atoms with Gasteiger partial charge >= 0.3 is 0 Å². The Kier molecular flexibility index (Phi) is 3.60. The fraction of sp³-hybridized carbons (Fsp3) is 0.500. The number of fused-ring (bicyclic) bond motifs is 2. The predicted molar refractivity (Wildman–Crippen MR) is 76.1 cm³/mol. The van der Waals surface area contributed by atoms with Gasteiger partial charge in [0.2, 0.25) is 10.0 Å². The van der Waals surface area contributed by atoms with Crippen molar-refractivity contribution in [2.24, 2.45) is 0 Å². The highest BCUT2D eigenvalue weighted by atomic mass is 35.5. The lowest BCUT2D eigenvalue weighted by atomic mass is 9.86. The fourth-order valence-corrected chi connectivity index (χ4v) is 5.25. The molecule has 108 valence electrons. The molecule has 0 N–H and O–H groups in total. The first-order valence-corrected chi connectivity index (χ1v) is 8.61. The molecule has 2 fully saturated rings. The van der Waals surface area contributed by atoms with Crippen LogP contribution in [-0.2, 0) is 14.8 Å². The number of carbonyl (C=O) groups excluding carboxylic acids is 1. The summed E-state index contributed by atoms with van der Waals surface area (Å²) in [5, 5.41) is 0.512. The maximum atomic E-state index is 12.8. The smallest absolute Gasteiger partial charge is 0.243 e. The number of ketones is 1. The number of Topliss-reactive ketones (excluding diaryl/α,β-unsaturated/α-hetero) is 1. The summed E-state index contributed by atoms with van der Waals surface area (Å²) in [7, 11) is -3.54. The van der Waals surface area contributed by atoms with Crippen LogP contribution in [0.2, 0.25) is 5.02 Å². The van der Waals surface area contributed by atoms with Gasteiger partial charge < -0.3 is 0 Å². The van der Waals surface area contributed by atoms with E-state index in [1.54, 1.807) is 16.4 Å². The zero-order valence-electron chi connectivity index (χ0n) is 11.0. The van der Waals surface area contributed by atoms with E-state index in [9.17, 15) is 13.2 Å². The number of piperidine rings is 2. The van der Waals surface area contributed by atoms with E-state index in [1.165, 1.54) is 12.1 Å². The number of halogens is 1. The summed E-state index contributed by atoms with van der Waals surface area (Å²) in [6.45, 7) is 0. The lowest BCUT2D eigenvalue weighted by Gasteiger charge is -2.44. The third kappa shape index (κ3) is 2.38. The minimum absolute atomic E-state index is 0.171. The molecule has 3 rings (SSSR count). The third-order valence-electron chi connectivity index (χ3n) is 4.11. The molecule has 1 aromatic rings. The molecule has 20 heavy (non-hydrogen) atoms. The number of rotatable bonds is 2. The van der Waals surface area contributed by atoms with Crippen molar-refractivity contribution in [2.45, 2.75) is 49.1 Å². The molecule has 0 unspecified atom stereocenters. The summed E-state index contributed by atoms with van der Waals surface area (Å²) in [5.41, 5.74) is 0. The Morgan fingerprint density at radius 2 is 1.60 bits per heavy atom. The zero-order chi connectivity index (χ0) is 14.3. The van der Waals surface area contributed by atoms with Crippen LogP contribution in [-0.4, -0.2) is 30.6 Å². The Hall–Kier alpha value is -0.910. The predicted octanol–water partition coefficient (Wildman–Crippen LogP) is 2.61. The molecular weight excluding hydrogens is 298 g/mol. The second kappa shape index (κ2) is 5.13. The average Bonchev–Trinajstić information content (AvgIpc) is 2.37. The van der Waals surface area contributed by atoms with Gasteiger partial charge in [-0.25, -0.2) is 8.42 Å². The highest BCUT2D eigenvalue weighted by Crippen LogP contribution is 2.36. The number of benzene rings is 1. The minimum Gasteiger partial charge on any atom is -0.300 e. The van der Waals surface area contributed by atoms with Crippen molar-refractivity contribution in [3.63, 3.8) is 0 Å². The SMILES string of the molecule is O=C1C[C@H]2CCC[C@@H](C1)N2S(=O)(=O)c1ccc(Cl)cc1. The van der Waals surface area contributed by atoms with Crippen molar-refractivity contribution in [3.05, 3.63) is 29.3 Å². The van der Waals surface area contributed by atoms with Crippen molar-refractivity contribution in [1.29, 1.82) is 0 Å². The maximum absolute atomic E-state index is 12.8. The van der Waals surface area contributed by atoms with Crippen molar-refractivity contribution in [3.8, 4) is 0 Å². The zero-order valence-corrected chi connectivity index (χ0v) is 12.5. The molecule has 0 saturated carbocycles. The molecule has 2 atom stereocenters.